The Kier molecular flexibility index (Phi) is 4.58. The fourth-order valence-electron chi connectivity index (χ4n) is 1.76. The van der Waals surface area contributed by atoms with Gasteiger partial charge in [0.25, 0.3) is 5.69 Å². The van der Waals surface area contributed by atoms with Crippen molar-refractivity contribution in [3.05, 3.63) is 68.7 Å². The van der Waals surface area contributed by atoms with Gasteiger partial charge in [-0.05, 0) is 23.6 Å². The molecule has 0 heterocycles. The number of nitro benzene ring substituents is 1. The van der Waals surface area contributed by atoms with Crippen LogP contribution in [0.4, 0.5) is 5.69 Å². The lowest BCUT2D eigenvalue weighted by molar-refractivity contribution is -0.384. The first-order chi connectivity index (χ1) is 9.60. The highest BCUT2D eigenvalue weighted by molar-refractivity contribution is 6.32. The maximum absolute atomic E-state index is 10.7. The number of nitro groups is 1. The lowest BCUT2D eigenvalue weighted by atomic mass is 10.1. The molecule has 0 unspecified atom stereocenters. The number of rotatable bonds is 5. The Labute approximate surface area is 122 Å². The second-order valence-corrected chi connectivity index (χ2v) is 4.74. The average molecular weight is 292 g/mol. The second-order valence-electron chi connectivity index (χ2n) is 4.33. The van der Waals surface area contributed by atoms with Gasteiger partial charge in [0, 0.05) is 12.1 Å². The minimum absolute atomic E-state index is 0.0776. The number of hydrogen-bond acceptors (Lipinski definition) is 3. The number of hydrogen-bond donors (Lipinski definition) is 0. The lowest BCUT2D eigenvalue weighted by Crippen LogP contribution is -1.96. The van der Waals surface area contributed by atoms with Gasteiger partial charge >= 0.3 is 0 Å². The van der Waals surface area contributed by atoms with Crippen molar-refractivity contribution in [2.45, 2.75) is 20.0 Å². The predicted molar refractivity (Wildman–Crippen MR) is 78.3 cm³/mol. The fraction of sp³-hybridized carbons (Fsp3) is 0.200. The van der Waals surface area contributed by atoms with E-state index in [1.807, 2.05) is 12.1 Å². The van der Waals surface area contributed by atoms with E-state index in [4.69, 9.17) is 16.3 Å². The van der Waals surface area contributed by atoms with Crippen LogP contribution in [-0.4, -0.2) is 4.92 Å². The molecule has 0 radical (unpaired) electrons. The van der Waals surface area contributed by atoms with Crippen LogP contribution in [0.3, 0.4) is 0 Å². The van der Waals surface area contributed by atoms with Gasteiger partial charge in [-0.15, -0.1) is 0 Å². The lowest BCUT2D eigenvalue weighted by Gasteiger charge is -2.07. The van der Waals surface area contributed by atoms with Gasteiger partial charge < -0.3 is 4.74 Å². The van der Waals surface area contributed by atoms with Crippen molar-refractivity contribution >= 4 is 17.3 Å². The standard InChI is InChI=1S/C15H14ClNO3/c1-2-11-3-5-12(6-4-11)10-20-13-7-8-15(17(18)19)14(16)9-13/h3-9H,2,10H2,1H3. The van der Waals surface area contributed by atoms with Gasteiger partial charge in [0.15, 0.2) is 0 Å². The molecule has 2 aromatic carbocycles. The summed E-state index contributed by atoms with van der Waals surface area (Å²) < 4.78 is 5.57. The Morgan fingerprint density at radius 2 is 1.80 bits per heavy atom. The summed E-state index contributed by atoms with van der Waals surface area (Å²) in [7, 11) is 0. The SMILES string of the molecule is CCc1ccc(COc2ccc([N+](=O)[O-])c(Cl)c2)cc1. The van der Waals surface area contributed by atoms with Crippen molar-refractivity contribution in [2.24, 2.45) is 0 Å². The molecule has 5 heteroatoms. The first kappa shape index (κ1) is 14.3. The summed E-state index contributed by atoms with van der Waals surface area (Å²) in [5.41, 5.74) is 2.19. The summed E-state index contributed by atoms with van der Waals surface area (Å²) >= 11 is 5.82. The van der Waals surface area contributed by atoms with Crippen LogP contribution < -0.4 is 4.74 Å². The molecule has 2 rings (SSSR count). The zero-order valence-corrected chi connectivity index (χ0v) is 11.8. The van der Waals surface area contributed by atoms with E-state index in [0.717, 1.165) is 12.0 Å². The molecule has 104 valence electrons. The monoisotopic (exact) mass is 291 g/mol. The van der Waals surface area contributed by atoms with E-state index in [1.165, 1.54) is 17.7 Å². The first-order valence-electron chi connectivity index (χ1n) is 6.24. The van der Waals surface area contributed by atoms with Crippen molar-refractivity contribution < 1.29 is 9.66 Å². The van der Waals surface area contributed by atoms with Gasteiger partial charge in [-0.2, -0.15) is 0 Å². The van der Waals surface area contributed by atoms with Crippen molar-refractivity contribution in [3.63, 3.8) is 0 Å². The van der Waals surface area contributed by atoms with Crippen LogP contribution in [0.1, 0.15) is 18.1 Å². The maximum Gasteiger partial charge on any atom is 0.288 e. The third-order valence-electron chi connectivity index (χ3n) is 2.95. The summed E-state index contributed by atoms with van der Waals surface area (Å²) in [5.74, 6) is 0.514. The van der Waals surface area contributed by atoms with Crippen molar-refractivity contribution in [1.29, 1.82) is 0 Å². The smallest absolute Gasteiger partial charge is 0.288 e. The van der Waals surface area contributed by atoms with Crippen LogP contribution in [0.5, 0.6) is 5.75 Å². The minimum Gasteiger partial charge on any atom is -0.489 e. The number of ether oxygens (including phenoxy) is 1. The predicted octanol–water partition coefficient (Wildman–Crippen LogP) is 4.39. The molecule has 0 aliphatic rings. The molecule has 0 N–H and O–H groups in total. The summed E-state index contributed by atoms with van der Waals surface area (Å²) in [5, 5.41) is 10.7. The molecule has 0 bridgehead atoms. The van der Waals surface area contributed by atoms with Gasteiger partial charge in [-0.1, -0.05) is 42.8 Å². The molecule has 0 fully saturated rings. The highest BCUT2D eigenvalue weighted by Crippen LogP contribution is 2.28. The van der Waals surface area contributed by atoms with Crippen LogP contribution in [0.15, 0.2) is 42.5 Å². The Bertz CT molecular complexity index is 611. The molecule has 0 spiro atoms. The third kappa shape index (κ3) is 3.48. The number of halogens is 1. The van der Waals surface area contributed by atoms with Crippen molar-refractivity contribution in [1.82, 2.24) is 0 Å². The maximum atomic E-state index is 10.7. The first-order valence-corrected chi connectivity index (χ1v) is 6.62. The van der Waals surface area contributed by atoms with Crippen LogP contribution in [0.25, 0.3) is 0 Å². The van der Waals surface area contributed by atoms with E-state index >= 15 is 0 Å². The Balaban J connectivity index is 2.03. The van der Waals surface area contributed by atoms with E-state index < -0.39 is 4.92 Å². The second kappa shape index (κ2) is 6.39. The zero-order chi connectivity index (χ0) is 14.5. The highest BCUT2D eigenvalue weighted by Gasteiger charge is 2.12. The highest BCUT2D eigenvalue weighted by atomic mass is 35.5. The topological polar surface area (TPSA) is 52.4 Å². The Morgan fingerprint density at radius 3 is 2.35 bits per heavy atom. The van der Waals surface area contributed by atoms with E-state index in [-0.39, 0.29) is 10.7 Å². The summed E-state index contributed by atoms with van der Waals surface area (Å²) in [4.78, 5) is 10.1. The molecule has 0 atom stereocenters. The molecule has 4 nitrogen and oxygen atoms in total. The Morgan fingerprint density at radius 1 is 1.15 bits per heavy atom. The molecule has 0 aliphatic carbocycles. The molecule has 2 aromatic rings. The fourth-order valence-corrected chi connectivity index (χ4v) is 2.00. The number of aryl methyl sites for hydroxylation is 1. The Hall–Kier alpha value is -2.07. The van der Waals surface area contributed by atoms with Gasteiger partial charge in [0.1, 0.15) is 17.4 Å². The van der Waals surface area contributed by atoms with Crippen molar-refractivity contribution in [2.75, 3.05) is 0 Å². The van der Waals surface area contributed by atoms with E-state index in [2.05, 4.69) is 19.1 Å². The number of benzene rings is 2. The van der Waals surface area contributed by atoms with Gasteiger partial charge in [-0.25, -0.2) is 0 Å². The van der Waals surface area contributed by atoms with Gasteiger partial charge in [0.2, 0.25) is 0 Å². The normalized spacial score (nSPS) is 10.3. The molecule has 0 saturated heterocycles. The summed E-state index contributed by atoms with van der Waals surface area (Å²) in [6.45, 7) is 2.50. The molecular weight excluding hydrogens is 278 g/mol. The molecule has 20 heavy (non-hydrogen) atoms. The number of nitrogens with zero attached hydrogens (tertiary/aromatic N) is 1. The van der Waals surface area contributed by atoms with E-state index in [0.29, 0.717) is 12.4 Å². The van der Waals surface area contributed by atoms with Crippen LogP contribution in [0.2, 0.25) is 5.02 Å². The molecule has 0 aliphatic heterocycles. The van der Waals surface area contributed by atoms with Crippen LogP contribution in [0, 0.1) is 10.1 Å². The summed E-state index contributed by atoms with van der Waals surface area (Å²) in [6.07, 6.45) is 0.999. The van der Waals surface area contributed by atoms with Gasteiger partial charge in [0.05, 0.1) is 4.92 Å². The molecule has 0 amide bonds. The van der Waals surface area contributed by atoms with Crippen molar-refractivity contribution in [3.8, 4) is 5.75 Å². The average Bonchev–Trinajstić information content (AvgIpc) is 2.45. The largest absolute Gasteiger partial charge is 0.489 e. The van der Waals surface area contributed by atoms with Crippen LogP contribution >= 0.6 is 11.6 Å². The third-order valence-corrected chi connectivity index (χ3v) is 3.26. The summed E-state index contributed by atoms with van der Waals surface area (Å²) in [6, 6.07) is 12.5. The quantitative estimate of drug-likeness (QED) is 0.606. The molecular formula is C15H14ClNO3. The van der Waals surface area contributed by atoms with Gasteiger partial charge in [-0.3, -0.25) is 10.1 Å². The zero-order valence-electron chi connectivity index (χ0n) is 11.0. The molecule has 0 aromatic heterocycles. The molecule has 0 saturated carbocycles. The van der Waals surface area contributed by atoms with Crippen LogP contribution in [-0.2, 0) is 13.0 Å². The minimum atomic E-state index is -0.518. The van der Waals surface area contributed by atoms with E-state index in [9.17, 15) is 10.1 Å². The van der Waals surface area contributed by atoms with E-state index in [1.54, 1.807) is 6.07 Å².